The summed E-state index contributed by atoms with van der Waals surface area (Å²) in [6.45, 7) is 6.94. The van der Waals surface area contributed by atoms with Crippen LogP contribution >= 0.6 is 0 Å². The SMILES string of the molecule is CC(C)N1CCOc2c(F)cc(-c3nc(Cc4ccc(N5CCC(N)CC5)cn4)ncc3F)cc21. The molecule has 2 N–H and O–H groups in total. The van der Waals surface area contributed by atoms with Crippen molar-refractivity contribution in [1.82, 2.24) is 15.0 Å². The third-order valence-electron chi connectivity index (χ3n) is 6.66. The van der Waals surface area contributed by atoms with Crippen LogP contribution in [-0.2, 0) is 6.42 Å². The van der Waals surface area contributed by atoms with Crippen molar-refractivity contribution >= 4 is 11.4 Å². The minimum Gasteiger partial charge on any atom is -0.486 e. The van der Waals surface area contributed by atoms with Crippen LogP contribution in [0.15, 0.2) is 36.7 Å². The largest absolute Gasteiger partial charge is 0.486 e. The summed E-state index contributed by atoms with van der Waals surface area (Å²) < 4.78 is 35.2. The van der Waals surface area contributed by atoms with Gasteiger partial charge in [-0.1, -0.05) is 0 Å². The summed E-state index contributed by atoms with van der Waals surface area (Å²) in [6.07, 6.45) is 5.26. The number of fused-ring (bicyclic) bond motifs is 1. The highest BCUT2D eigenvalue weighted by molar-refractivity contribution is 5.72. The molecule has 184 valence electrons. The molecule has 2 aliphatic rings. The molecule has 2 aromatic heterocycles. The third kappa shape index (κ3) is 4.91. The van der Waals surface area contributed by atoms with Gasteiger partial charge in [-0.3, -0.25) is 4.98 Å². The Morgan fingerprint density at radius 3 is 2.57 bits per heavy atom. The standard InChI is InChI=1S/C26H30F2N6O/c1-16(2)34-9-10-35-26-21(27)11-17(12-23(26)34)25-22(28)15-31-24(32-25)13-19-3-4-20(14-30-19)33-7-5-18(29)6-8-33/h3-4,11-12,14-16,18H,5-10,13,29H2,1-2H3. The topological polar surface area (TPSA) is 80.4 Å². The minimum absolute atomic E-state index is 0.0623. The molecule has 0 aliphatic carbocycles. The summed E-state index contributed by atoms with van der Waals surface area (Å²) in [4.78, 5) is 17.5. The van der Waals surface area contributed by atoms with E-state index in [-0.39, 0.29) is 23.5 Å². The first-order chi connectivity index (χ1) is 16.9. The first-order valence-electron chi connectivity index (χ1n) is 12.1. The molecule has 0 bridgehead atoms. The van der Waals surface area contributed by atoms with Crippen molar-refractivity contribution in [2.75, 3.05) is 36.0 Å². The van der Waals surface area contributed by atoms with Crippen molar-refractivity contribution in [3.8, 4) is 17.0 Å². The number of rotatable bonds is 5. The van der Waals surface area contributed by atoms with Gasteiger partial charge in [-0.05, 0) is 51.0 Å². The first-order valence-corrected chi connectivity index (χ1v) is 12.1. The number of nitrogens with two attached hydrogens (primary N) is 1. The van der Waals surface area contributed by atoms with E-state index in [1.54, 1.807) is 6.07 Å². The zero-order chi connectivity index (χ0) is 24.5. The second kappa shape index (κ2) is 9.73. The van der Waals surface area contributed by atoms with E-state index in [9.17, 15) is 8.78 Å². The molecule has 35 heavy (non-hydrogen) atoms. The highest BCUT2D eigenvalue weighted by atomic mass is 19.1. The number of halogens is 2. The third-order valence-corrected chi connectivity index (χ3v) is 6.66. The van der Waals surface area contributed by atoms with Gasteiger partial charge in [0.25, 0.3) is 0 Å². The zero-order valence-corrected chi connectivity index (χ0v) is 20.0. The Morgan fingerprint density at radius 2 is 1.86 bits per heavy atom. The molecular weight excluding hydrogens is 450 g/mol. The van der Waals surface area contributed by atoms with Crippen molar-refractivity contribution in [3.05, 3.63) is 59.8 Å². The van der Waals surface area contributed by atoms with Crippen molar-refractivity contribution in [2.24, 2.45) is 5.73 Å². The van der Waals surface area contributed by atoms with E-state index >= 15 is 0 Å². The summed E-state index contributed by atoms with van der Waals surface area (Å²) in [6, 6.07) is 7.40. The fourth-order valence-corrected chi connectivity index (χ4v) is 4.69. The molecule has 9 heteroatoms. The molecule has 3 aromatic rings. The molecule has 0 atom stereocenters. The lowest BCUT2D eigenvalue weighted by atomic mass is 10.1. The Balaban J connectivity index is 1.39. The van der Waals surface area contributed by atoms with Gasteiger partial charge >= 0.3 is 0 Å². The van der Waals surface area contributed by atoms with Gasteiger partial charge in [0, 0.05) is 36.4 Å². The molecule has 1 fully saturated rings. The summed E-state index contributed by atoms with van der Waals surface area (Å²) in [5.74, 6) is -0.519. The second-order valence-electron chi connectivity index (χ2n) is 9.43. The number of hydrogen-bond donors (Lipinski definition) is 1. The van der Waals surface area contributed by atoms with Gasteiger partial charge < -0.3 is 20.3 Å². The molecule has 0 radical (unpaired) electrons. The van der Waals surface area contributed by atoms with E-state index in [2.05, 4.69) is 19.9 Å². The average molecular weight is 481 g/mol. The van der Waals surface area contributed by atoms with Crippen molar-refractivity contribution in [2.45, 2.75) is 45.2 Å². The lowest BCUT2D eigenvalue weighted by molar-refractivity contribution is 0.287. The summed E-state index contributed by atoms with van der Waals surface area (Å²) in [7, 11) is 0. The van der Waals surface area contributed by atoms with Crippen LogP contribution in [0.25, 0.3) is 11.3 Å². The number of piperidine rings is 1. The molecule has 7 nitrogen and oxygen atoms in total. The summed E-state index contributed by atoms with van der Waals surface area (Å²) >= 11 is 0. The normalized spacial score (nSPS) is 16.4. The van der Waals surface area contributed by atoms with Gasteiger partial charge in [-0.15, -0.1) is 0 Å². The Bertz CT molecular complexity index is 1200. The van der Waals surface area contributed by atoms with Gasteiger partial charge in [-0.25, -0.2) is 18.7 Å². The van der Waals surface area contributed by atoms with Crippen molar-refractivity contribution < 1.29 is 13.5 Å². The van der Waals surface area contributed by atoms with Crippen molar-refractivity contribution in [3.63, 3.8) is 0 Å². The molecule has 0 spiro atoms. The molecule has 0 saturated carbocycles. The maximum absolute atomic E-state index is 14.9. The maximum Gasteiger partial charge on any atom is 0.178 e. The fourth-order valence-electron chi connectivity index (χ4n) is 4.69. The minimum atomic E-state index is -0.604. The lowest BCUT2D eigenvalue weighted by Crippen LogP contribution is -2.39. The van der Waals surface area contributed by atoms with Crippen LogP contribution in [0.4, 0.5) is 20.2 Å². The number of nitrogens with zero attached hydrogens (tertiary/aromatic N) is 5. The van der Waals surface area contributed by atoms with Gasteiger partial charge in [0.15, 0.2) is 17.4 Å². The van der Waals surface area contributed by atoms with Crippen LogP contribution < -0.4 is 20.3 Å². The number of aromatic nitrogens is 3. The molecule has 0 amide bonds. The average Bonchev–Trinajstić information content (AvgIpc) is 2.86. The molecule has 2 aliphatic heterocycles. The molecule has 0 unspecified atom stereocenters. The van der Waals surface area contributed by atoms with E-state index in [0.29, 0.717) is 36.6 Å². The van der Waals surface area contributed by atoms with E-state index in [0.717, 1.165) is 43.5 Å². The quantitative estimate of drug-likeness (QED) is 0.592. The van der Waals surface area contributed by atoms with Gasteiger partial charge in [0.1, 0.15) is 18.1 Å². The Hall–Kier alpha value is -3.33. The van der Waals surface area contributed by atoms with Crippen LogP contribution in [0.5, 0.6) is 5.75 Å². The highest BCUT2D eigenvalue weighted by Crippen LogP contribution is 2.39. The van der Waals surface area contributed by atoms with Gasteiger partial charge in [0.2, 0.25) is 0 Å². The van der Waals surface area contributed by atoms with E-state index in [1.165, 1.54) is 6.07 Å². The molecule has 5 rings (SSSR count). The predicted molar refractivity (Wildman–Crippen MR) is 132 cm³/mol. The monoisotopic (exact) mass is 480 g/mol. The van der Waals surface area contributed by atoms with Gasteiger partial charge in [0.05, 0.1) is 36.7 Å². The molecular formula is C26H30F2N6O. The Morgan fingerprint density at radius 1 is 1.06 bits per heavy atom. The fraction of sp³-hybridized carbons (Fsp3) is 0.423. The lowest BCUT2D eigenvalue weighted by Gasteiger charge is -2.34. The van der Waals surface area contributed by atoms with Crippen LogP contribution in [0.1, 0.15) is 38.2 Å². The van der Waals surface area contributed by atoms with Crippen LogP contribution in [-0.4, -0.2) is 53.3 Å². The maximum atomic E-state index is 14.9. The predicted octanol–water partition coefficient (Wildman–Crippen LogP) is 3.94. The second-order valence-corrected chi connectivity index (χ2v) is 9.43. The summed E-state index contributed by atoms with van der Waals surface area (Å²) in [5.41, 5.74) is 8.85. The van der Waals surface area contributed by atoms with E-state index < -0.39 is 11.6 Å². The molecule has 4 heterocycles. The number of benzene rings is 1. The number of ether oxygens (including phenoxy) is 1. The van der Waals surface area contributed by atoms with E-state index in [1.807, 2.05) is 37.1 Å². The summed E-state index contributed by atoms with van der Waals surface area (Å²) in [5, 5.41) is 0. The van der Waals surface area contributed by atoms with Gasteiger partial charge in [-0.2, -0.15) is 0 Å². The van der Waals surface area contributed by atoms with Crippen LogP contribution in [0, 0.1) is 11.6 Å². The number of anilines is 2. The van der Waals surface area contributed by atoms with Crippen molar-refractivity contribution in [1.29, 1.82) is 0 Å². The Kier molecular flexibility index (Phi) is 6.51. The van der Waals surface area contributed by atoms with E-state index in [4.69, 9.17) is 10.5 Å². The van der Waals surface area contributed by atoms with Crippen LogP contribution in [0.2, 0.25) is 0 Å². The number of pyridine rings is 1. The number of hydrogen-bond acceptors (Lipinski definition) is 7. The smallest absolute Gasteiger partial charge is 0.178 e. The van der Waals surface area contributed by atoms with Crippen LogP contribution in [0.3, 0.4) is 0 Å². The highest BCUT2D eigenvalue weighted by Gasteiger charge is 2.26. The first kappa shape index (κ1) is 23.4. The molecule has 1 aromatic carbocycles. The zero-order valence-electron chi connectivity index (χ0n) is 20.0. The molecule has 1 saturated heterocycles. The Labute approximate surface area is 204 Å².